The Hall–Kier alpha value is -1.98. The van der Waals surface area contributed by atoms with Crippen LogP contribution in [0.3, 0.4) is 0 Å². The first-order valence-corrected chi connectivity index (χ1v) is 10.1. The Morgan fingerprint density at radius 3 is 2.77 bits per heavy atom. The molecule has 26 heavy (non-hydrogen) atoms. The van der Waals surface area contributed by atoms with Gasteiger partial charge in [-0.3, -0.25) is 0 Å². The molecular weight excluding hydrogens is 344 g/mol. The van der Waals surface area contributed by atoms with Gasteiger partial charge in [-0.05, 0) is 75.3 Å². The van der Waals surface area contributed by atoms with Crippen LogP contribution < -0.4 is 10.9 Å². The molecule has 1 aliphatic carbocycles. The maximum absolute atomic E-state index is 11.9. The summed E-state index contributed by atoms with van der Waals surface area (Å²) in [6.07, 6.45) is 4.81. The zero-order valence-corrected chi connectivity index (χ0v) is 16.3. The lowest BCUT2D eigenvalue weighted by Crippen LogP contribution is -2.19. The van der Waals surface area contributed by atoms with Crippen LogP contribution in [0, 0.1) is 13.8 Å². The molecule has 4 rings (SSSR count). The van der Waals surface area contributed by atoms with Crippen LogP contribution in [0.1, 0.15) is 58.1 Å². The van der Waals surface area contributed by atoms with E-state index in [4.69, 9.17) is 9.40 Å². The summed E-state index contributed by atoms with van der Waals surface area (Å²) in [6, 6.07) is 5.83. The highest BCUT2D eigenvalue weighted by atomic mass is 32.1. The van der Waals surface area contributed by atoms with Crippen molar-refractivity contribution in [1.82, 2.24) is 10.3 Å². The summed E-state index contributed by atoms with van der Waals surface area (Å²) >= 11 is 1.84. The third-order valence-corrected chi connectivity index (χ3v) is 6.62. The molecule has 1 aliphatic rings. The molecule has 136 valence electrons. The van der Waals surface area contributed by atoms with Gasteiger partial charge in [0, 0.05) is 22.9 Å². The van der Waals surface area contributed by atoms with E-state index in [9.17, 15) is 4.79 Å². The van der Waals surface area contributed by atoms with Gasteiger partial charge < -0.3 is 9.73 Å². The molecular formula is C21H24N2O2S. The van der Waals surface area contributed by atoms with Crippen LogP contribution in [-0.4, -0.2) is 4.98 Å². The molecule has 1 N–H and O–H groups in total. The Bertz CT molecular complexity index is 995. The van der Waals surface area contributed by atoms with Crippen LogP contribution in [0.25, 0.3) is 11.0 Å². The summed E-state index contributed by atoms with van der Waals surface area (Å²) in [4.78, 5) is 18.2. The number of aromatic nitrogens is 1. The van der Waals surface area contributed by atoms with Crippen molar-refractivity contribution in [2.75, 3.05) is 0 Å². The van der Waals surface area contributed by atoms with Gasteiger partial charge in [0.25, 0.3) is 0 Å². The number of nitrogens with zero attached hydrogens (tertiary/aromatic N) is 1. The zero-order valence-electron chi connectivity index (χ0n) is 15.5. The van der Waals surface area contributed by atoms with Gasteiger partial charge in [0.1, 0.15) is 10.6 Å². The third-order valence-electron chi connectivity index (χ3n) is 5.28. The zero-order chi connectivity index (χ0) is 18.3. The third kappa shape index (κ3) is 3.33. The van der Waals surface area contributed by atoms with E-state index in [1.54, 1.807) is 6.07 Å². The van der Waals surface area contributed by atoms with Gasteiger partial charge in [0.15, 0.2) is 0 Å². The van der Waals surface area contributed by atoms with Gasteiger partial charge >= 0.3 is 5.63 Å². The highest BCUT2D eigenvalue weighted by Crippen LogP contribution is 2.30. The molecule has 0 radical (unpaired) electrons. The van der Waals surface area contributed by atoms with Crippen LogP contribution in [0.15, 0.2) is 27.4 Å². The predicted octanol–water partition coefficient (Wildman–Crippen LogP) is 4.60. The predicted molar refractivity (Wildman–Crippen MR) is 106 cm³/mol. The van der Waals surface area contributed by atoms with Crippen molar-refractivity contribution in [2.45, 2.75) is 59.0 Å². The molecule has 0 saturated heterocycles. The highest BCUT2D eigenvalue weighted by Gasteiger charge is 2.18. The van der Waals surface area contributed by atoms with Gasteiger partial charge in [-0.25, -0.2) is 9.78 Å². The van der Waals surface area contributed by atoms with E-state index in [1.807, 2.05) is 24.3 Å². The molecule has 0 spiro atoms. The number of benzene rings is 1. The highest BCUT2D eigenvalue weighted by molar-refractivity contribution is 7.11. The number of nitrogens with one attached hydrogen (secondary N) is 1. The minimum absolute atomic E-state index is 0.166. The fourth-order valence-electron chi connectivity index (χ4n) is 3.54. The van der Waals surface area contributed by atoms with E-state index in [1.165, 1.54) is 35.4 Å². The van der Waals surface area contributed by atoms with Crippen LogP contribution in [-0.2, 0) is 19.4 Å². The molecule has 1 aromatic carbocycles. The lowest BCUT2D eigenvalue weighted by atomic mass is 10.0. The standard InChI is InChI=1S/C21H24N2O2S/c1-12-8-16-15(10-20(24)25-18(16)9-13(12)2)11-22-14(3)21-23-17-6-4-5-7-19(17)26-21/h8-10,14,22H,4-7,11H2,1-3H3/t14-/m0/s1. The van der Waals surface area contributed by atoms with Crippen molar-refractivity contribution in [2.24, 2.45) is 0 Å². The second-order valence-electron chi connectivity index (χ2n) is 7.25. The van der Waals surface area contributed by atoms with E-state index in [-0.39, 0.29) is 11.7 Å². The van der Waals surface area contributed by atoms with E-state index < -0.39 is 0 Å². The SMILES string of the molecule is Cc1cc2oc(=O)cc(CN[C@@H](C)c3nc4c(s3)CCCC4)c2cc1C. The molecule has 0 unspecified atom stereocenters. The minimum Gasteiger partial charge on any atom is -0.423 e. The average Bonchev–Trinajstić information content (AvgIpc) is 3.05. The number of rotatable bonds is 4. The Balaban J connectivity index is 1.58. The van der Waals surface area contributed by atoms with Gasteiger partial charge in [-0.2, -0.15) is 0 Å². The first kappa shape index (κ1) is 17.4. The summed E-state index contributed by atoms with van der Waals surface area (Å²) in [5.74, 6) is 0. The summed E-state index contributed by atoms with van der Waals surface area (Å²) in [5, 5.41) is 5.70. The van der Waals surface area contributed by atoms with Crippen molar-refractivity contribution in [1.29, 1.82) is 0 Å². The first-order valence-electron chi connectivity index (χ1n) is 9.27. The largest absolute Gasteiger partial charge is 0.423 e. The van der Waals surface area contributed by atoms with Gasteiger partial charge in [-0.1, -0.05) is 0 Å². The fraction of sp³-hybridized carbons (Fsp3) is 0.429. The summed E-state index contributed by atoms with van der Waals surface area (Å²) < 4.78 is 5.39. The maximum atomic E-state index is 11.9. The van der Waals surface area contributed by atoms with Crippen LogP contribution in [0.5, 0.6) is 0 Å². The van der Waals surface area contributed by atoms with Crippen molar-refractivity contribution in [3.63, 3.8) is 0 Å². The monoisotopic (exact) mass is 368 g/mol. The lowest BCUT2D eigenvalue weighted by molar-refractivity contribution is 0.545. The second-order valence-corrected chi connectivity index (χ2v) is 8.37. The first-order chi connectivity index (χ1) is 12.5. The van der Waals surface area contributed by atoms with E-state index in [0.29, 0.717) is 12.1 Å². The molecule has 2 aromatic heterocycles. The normalized spacial score (nSPS) is 15.2. The number of hydrogen-bond donors (Lipinski definition) is 1. The van der Waals surface area contributed by atoms with E-state index in [0.717, 1.165) is 27.9 Å². The Morgan fingerprint density at radius 1 is 1.19 bits per heavy atom. The maximum Gasteiger partial charge on any atom is 0.336 e. The van der Waals surface area contributed by atoms with Gasteiger partial charge in [0.2, 0.25) is 0 Å². The number of hydrogen-bond acceptors (Lipinski definition) is 5. The van der Waals surface area contributed by atoms with E-state index >= 15 is 0 Å². The lowest BCUT2D eigenvalue weighted by Gasteiger charge is -2.13. The van der Waals surface area contributed by atoms with Crippen molar-refractivity contribution in [3.05, 3.63) is 60.9 Å². The van der Waals surface area contributed by atoms with E-state index in [2.05, 4.69) is 25.2 Å². The fourth-order valence-corrected chi connectivity index (χ4v) is 4.72. The molecule has 0 amide bonds. The van der Waals surface area contributed by atoms with Crippen molar-refractivity contribution in [3.8, 4) is 0 Å². The Kier molecular flexibility index (Phi) is 4.67. The van der Waals surface area contributed by atoms with Crippen LogP contribution >= 0.6 is 11.3 Å². The number of aryl methyl sites for hydroxylation is 4. The molecule has 0 aliphatic heterocycles. The topological polar surface area (TPSA) is 55.1 Å². The summed E-state index contributed by atoms with van der Waals surface area (Å²) in [5.41, 5.74) is 4.97. The van der Waals surface area contributed by atoms with Gasteiger partial charge in [0.05, 0.1) is 11.7 Å². The summed E-state index contributed by atoms with van der Waals surface area (Å²) in [7, 11) is 0. The van der Waals surface area contributed by atoms with Gasteiger partial charge in [-0.15, -0.1) is 11.3 Å². The minimum atomic E-state index is -0.296. The van der Waals surface area contributed by atoms with Crippen molar-refractivity contribution >= 4 is 22.3 Å². The van der Waals surface area contributed by atoms with Crippen LogP contribution in [0.2, 0.25) is 0 Å². The molecule has 0 fully saturated rings. The van der Waals surface area contributed by atoms with Crippen molar-refractivity contribution < 1.29 is 4.42 Å². The molecule has 2 heterocycles. The summed E-state index contributed by atoms with van der Waals surface area (Å²) in [6.45, 7) is 6.88. The molecule has 3 aromatic rings. The number of thiazole rings is 1. The molecule has 0 saturated carbocycles. The smallest absolute Gasteiger partial charge is 0.336 e. The molecule has 5 heteroatoms. The number of fused-ring (bicyclic) bond motifs is 2. The second kappa shape index (κ2) is 6.97. The molecule has 0 bridgehead atoms. The Morgan fingerprint density at radius 2 is 1.96 bits per heavy atom. The molecule has 1 atom stereocenters. The Labute approximate surface area is 157 Å². The molecule has 4 nitrogen and oxygen atoms in total. The average molecular weight is 369 g/mol. The quantitative estimate of drug-likeness (QED) is 0.684. The van der Waals surface area contributed by atoms with Crippen LogP contribution in [0.4, 0.5) is 0 Å².